The van der Waals surface area contributed by atoms with Crippen molar-refractivity contribution in [3.8, 4) is 11.5 Å². The first kappa shape index (κ1) is 23.9. The van der Waals surface area contributed by atoms with Gasteiger partial charge in [-0.2, -0.15) is 13.2 Å². The maximum absolute atomic E-state index is 13.0. The molecule has 1 aliphatic rings. The Balaban J connectivity index is 1.32. The van der Waals surface area contributed by atoms with E-state index in [-0.39, 0.29) is 25.5 Å². The number of ether oxygens (including phenoxy) is 1. The molecule has 1 aliphatic heterocycles. The second-order valence-electron chi connectivity index (χ2n) is 8.00. The van der Waals surface area contributed by atoms with Crippen LogP contribution in [0.25, 0.3) is 0 Å². The lowest BCUT2D eigenvalue weighted by atomic mass is 10.0. The van der Waals surface area contributed by atoms with Gasteiger partial charge in [-0.25, -0.2) is 4.79 Å². The van der Waals surface area contributed by atoms with Crippen molar-refractivity contribution in [2.45, 2.75) is 24.7 Å². The Kier molecular flexibility index (Phi) is 7.00. The van der Waals surface area contributed by atoms with Gasteiger partial charge < -0.3 is 20.1 Å². The summed E-state index contributed by atoms with van der Waals surface area (Å²) in [5, 5.41) is 13.9. The molecule has 0 bridgehead atoms. The van der Waals surface area contributed by atoms with Crippen molar-refractivity contribution in [3.05, 3.63) is 94.5 Å². The Labute approximate surface area is 199 Å². The summed E-state index contributed by atoms with van der Waals surface area (Å²) in [7, 11) is 0. The molecule has 5 nitrogen and oxygen atoms in total. The molecule has 0 saturated carbocycles. The van der Waals surface area contributed by atoms with E-state index in [1.165, 1.54) is 11.0 Å². The highest BCUT2D eigenvalue weighted by Crippen LogP contribution is 2.32. The van der Waals surface area contributed by atoms with E-state index in [1.807, 2.05) is 0 Å². The normalized spacial score (nSPS) is 16.9. The molecule has 1 fully saturated rings. The summed E-state index contributed by atoms with van der Waals surface area (Å²) in [6.07, 6.45) is -4.98. The number of carbonyl (C=O) groups is 1. The molecule has 2 N–H and O–H groups in total. The Morgan fingerprint density at radius 1 is 1.06 bits per heavy atom. The fourth-order valence-corrected chi connectivity index (χ4v) is 3.87. The molecular weight excluding hydrogens is 469 g/mol. The molecule has 9 heteroatoms. The minimum absolute atomic E-state index is 0.223. The van der Waals surface area contributed by atoms with Crippen LogP contribution < -0.4 is 10.1 Å². The van der Waals surface area contributed by atoms with Crippen molar-refractivity contribution in [2.75, 3.05) is 13.1 Å². The van der Waals surface area contributed by atoms with Crippen molar-refractivity contribution in [3.63, 3.8) is 0 Å². The Hall–Kier alpha value is -3.23. The van der Waals surface area contributed by atoms with Crippen LogP contribution in [0.4, 0.5) is 18.0 Å². The molecule has 34 heavy (non-hydrogen) atoms. The minimum atomic E-state index is -4.45. The number of aliphatic hydroxyl groups excluding tert-OH is 1. The highest BCUT2D eigenvalue weighted by molar-refractivity contribution is 6.30. The zero-order valence-corrected chi connectivity index (χ0v) is 18.7. The van der Waals surface area contributed by atoms with Crippen molar-refractivity contribution in [1.29, 1.82) is 0 Å². The second kappa shape index (κ2) is 9.95. The number of carbonyl (C=O) groups excluding carboxylic acids is 1. The molecule has 3 aromatic carbocycles. The summed E-state index contributed by atoms with van der Waals surface area (Å²) >= 11 is 5.87. The van der Waals surface area contributed by atoms with Crippen LogP contribution in [0.5, 0.6) is 11.5 Å². The van der Waals surface area contributed by atoms with Gasteiger partial charge in [0.1, 0.15) is 11.5 Å². The maximum atomic E-state index is 13.0. The van der Waals surface area contributed by atoms with Crippen LogP contribution in [0, 0.1) is 0 Å². The molecule has 178 valence electrons. The lowest BCUT2D eigenvalue weighted by Gasteiger charge is -2.18. The van der Waals surface area contributed by atoms with Crippen LogP contribution in [0.1, 0.15) is 35.3 Å². The van der Waals surface area contributed by atoms with E-state index in [4.69, 9.17) is 16.3 Å². The first-order chi connectivity index (χ1) is 16.2. The number of nitrogens with zero attached hydrogens (tertiary/aromatic N) is 1. The summed E-state index contributed by atoms with van der Waals surface area (Å²) in [5.74, 6) is 1.23. The molecule has 0 aliphatic carbocycles. The molecule has 2 atom stereocenters. The number of hydrogen-bond acceptors (Lipinski definition) is 3. The van der Waals surface area contributed by atoms with Crippen LogP contribution in [0.3, 0.4) is 0 Å². The highest BCUT2D eigenvalue weighted by Gasteiger charge is 2.34. The van der Waals surface area contributed by atoms with Crippen molar-refractivity contribution in [2.24, 2.45) is 0 Å². The molecule has 0 radical (unpaired) electrons. The number of alkyl halides is 3. The molecule has 4 rings (SSSR count). The zero-order valence-electron chi connectivity index (χ0n) is 17.9. The van der Waals surface area contributed by atoms with Crippen molar-refractivity contribution in [1.82, 2.24) is 10.2 Å². The topological polar surface area (TPSA) is 61.8 Å². The van der Waals surface area contributed by atoms with Gasteiger partial charge >= 0.3 is 12.2 Å². The molecule has 0 aromatic heterocycles. The number of amides is 2. The predicted octanol–water partition coefficient (Wildman–Crippen LogP) is 6.34. The Morgan fingerprint density at radius 2 is 1.71 bits per heavy atom. The third-order valence-electron chi connectivity index (χ3n) is 5.59. The van der Waals surface area contributed by atoms with E-state index >= 15 is 0 Å². The van der Waals surface area contributed by atoms with Gasteiger partial charge in [-0.15, -0.1) is 0 Å². The second-order valence-corrected chi connectivity index (χ2v) is 8.44. The SMILES string of the molecule is O=C1NC(c2cccc(C(F)(F)F)c2)CN1CC[C@H](O)c1ccc(Oc2ccc(Cl)cc2)cc1. The highest BCUT2D eigenvalue weighted by atomic mass is 35.5. The number of benzene rings is 3. The van der Waals surface area contributed by atoms with Crippen LogP contribution >= 0.6 is 11.6 Å². The van der Waals surface area contributed by atoms with Gasteiger partial charge in [0.25, 0.3) is 0 Å². The average Bonchev–Trinajstić information content (AvgIpc) is 3.19. The van der Waals surface area contributed by atoms with Crippen LogP contribution in [-0.4, -0.2) is 29.1 Å². The van der Waals surface area contributed by atoms with E-state index in [1.54, 1.807) is 54.6 Å². The van der Waals surface area contributed by atoms with Gasteiger partial charge in [0.05, 0.1) is 17.7 Å². The number of urea groups is 1. The lowest BCUT2D eigenvalue weighted by molar-refractivity contribution is -0.137. The monoisotopic (exact) mass is 490 g/mol. The summed E-state index contributed by atoms with van der Waals surface area (Å²) < 4.78 is 44.7. The lowest BCUT2D eigenvalue weighted by Crippen LogP contribution is -2.29. The van der Waals surface area contributed by atoms with Crippen molar-refractivity contribution < 1.29 is 27.8 Å². The number of halogens is 4. The zero-order chi connectivity index (χ0) is 24.3. The van der Waals surface area contributed by atoms with Crippen molar-refractivity contribution >= 4 is 17.6 Å². The average molecular weight is 491 g/mol. The van der Waals surface area contributed by atoms with Gasteiger partial charge in [-0.3, -0.25) is 0 Å². The number of hydrogen-bond donors (Lipinski definition) is 2. The van der Waals surface area contributed by atoms with Crippen LogP contribution in [-0.2, 0) is 6.18 Å². The summed E-state index contributed by atoms with van der Waals surface area (Å²) in [4.78, 5) is 13.8. The Bertz CT molecular complexity index is 1140. The Morgan fingerprint density at radius 3 is 2.35 bits per heavy atom. The third kappa shape index (κ3) is 5.81. The molecular formula is C25H22ClF3N2O3. The largest absolute Gasteiger partial charge is 0.457 e. The third-order valence-corrected chi connectivity index (χ3v) is 5.84. The van der Waals surface area contributed by atoms with Gasteiger partial charge in [-0.05, 0) is 66.1 Å². The number of rotatable bonds is 7. The van der Waals surface area contributed by atoms with Gasteiger partial charge in [-0.1, -0.05) is 35.9 Å². The van der Waals surface area contributed by atoms with Crippen LogP contribution in [0.15, 0.2) is 72.8 Å². The van der Waals surface area contributed by atoms with E-state index in [0.29, 0.717) is 27.6 Å². The number of aliphatic hydroxyl groups is 1. The van der Waals surface area contributed by atoms with Gasteiger partial charge in [0, 0.05) is 18.1 Å². The minimum Gasteiger partial charge on any atom is -0.457 e. The first-order valence-corrected chi connectivity index (χ1v) is 11.0. The molecule has 2 amide bonds. The number of nitrogens with one attached hydrogen (secondary N) is 1. The van der Waals surface area contributed by atoms with E-state index < -0.39 is 23.9 Å². The van der Waals surface area contributed by atoms with Gasteiger partial charge in [0.15, 0.2) is 0 Å². The van der Waals surface area contributed by atoms with E-state index in [9.17, 15) is 23.1 Å². The standard InChI is InChI=1S/C25H22ClF3N2O3/c26-19-6-10-21(11-7-19)34-20-8-4-16(5-9-20)23(32)12-13-31-15-22(30-24(31)33)17-2-1-3-18(14-17)25(27,28)29/h1-11,14,22-23,32H,12-13,15H2,(H,30,33)/t22?,23-/m0/s1. The van der Waals surface area contributed by atoms with Gasteiger partial charge in [0.2, 0.25) is 0 Å². The first-order valence-electron chi connectivity index (χ1n) is 10.6. The smallest absolute Gasteiger partial charge is 0.416 e. The predicted molar refractivity (Wildman–Crippen MR) is 122 cm³/mol. The molecule has 1 unspecified atom stereocenters. The molecule has 3 aromatic rings. The quantitative estimate of drug-likeness (QED) is 0.406. The molecule has 1 saturated heterocycles. The summed E-state index contributed by atoms with van der Waals surface area (Å²) in [6, 6.07) is 17.9. The molecule has 1 heterocycles. The molecule has 0 spiro atoms. The van der Waals surface area contributed by atoms with Crippen LogP contribution in [0.2, 0.25) is 5.02 Å². The fourth-order valence-electron chi connectivity index (χ4n) is 3.74. The summed E-state index contributed by atoms with van der Waals surface area (Å²) in [5.41, 5.74) is 0.302. The fraction of sp³-hybridized carbons (Fsp3) is 0.240. The van der Waals surface area contributed by atoms with E-state index in [0.717, 1.165) is 12.1 Å². The van der Waals surface area contributed by atoms with E-state index in [2.05, 4.69) is 5.32 Å². The maximum Gasteiger partial charge on any atom is 0.416 e. The summed E-state index contributed by atoms with van der Waals surface area (Å²) in [6.45, 7) is 0.478.